The van der Waals surface area contributed by atoms with Crippen LogP contribution in [0.5, 0.6) is 0 Å². The van der Waals surface area contributed by atoms with Gasteiger partial charge in [0.25, 0.3) is 0 Å². The average Bonchev–Trinajstić information content (AvgIpc) is 1.16. The van der Waals surface area contributed by atoms with Crippen molar-refractivity contribution in [1.82, 2.24) is 0 Å². The Labute approximate surface area is 594 Å². The number of esters is 4. The summed E-state index contributed by atoms with van der Waals surface area (Å²) in [5, 5.41) is 10.6. The molecule has 0 aromatic heterocycles. The highest BCUT2D eigenvalue weighted by Crippen LogP contribution is 2.45. The molecule has 7 atom stereocenters. The monoisotopic (exact) mass is 1420 g/mol. The van der Waals surface area contributed by atoms with Crippen LogP contribution in [0.2, 0.25) is 0 Å². The molecule has 0 spiro atoms. The summed E-state index contributed by atoms with van der Waals surface area (Å²) in [6.45, 7) is 14.2. The van der Waals surface area contributed by atoms with Crippen molar-refractivity contribution < 1.29 is 80.2 Å². The molecule has 19 heteroatoms. The number of aliphatic hydroxyl groups is 1. The number of carbonyl (C=O) groups is 4. The van der Waals surface area contributed by atoms with E-state index in [4.69, 9.17) is 37.0 Å². The Balaban J connectivity index is 5.20. The number of ether oxygens (including phenoxy) is 4. The lowest BCUT2D eigenvalue weighted by Crippen LogP contribution is -2.30. The van der Waals surface area contributed by atoms with E-state index < -0.39 is 97.5 Å². The first kappa shape index (κ1) is 95.1. The summed E-state index contributed by atoms with van der Waals surface area (Å²) in [7, 11) is -9.91. The van der Waals surface area contributed by atoms with Crippen molar-refractivity contribution in [3.05, 3.63) is 0 Å². The van der Waals surface area contributed by atoms with E-state index in [2.05, 4.69) is 55.4 Å². The van der Waals surface area contributed by atoms with E-state index in [-0.39, 0.29) is 25.7 Å². The summed E-state index contributed by atoms with van der Waals surface area (Å²) in [5.74, 6) is 0.938. The normalized spacial score (nSPS) is 14.6. The SMILES string of the molecule is CCC(C)CCCCCCCCC(=O)OC[C@H](COP(=O)(O)OC[C@H](O)COP(=O)(O)OC[C@@H](COC(=O)CCCCCCCCCCCCCCCCCCCCC(C)C)OC(=O)CCCCCCCCCCCCCCCC(C)C)OC(=O)CCCCCCCCC(C)CC. The maximum atomic E-state index is 13.1. The van der Waals surface area contributed by atoms with Gasteiger partial charge >= 0.3 is 39.5 Å². The fourth-order valence-electron chi connectivity index (χ4n) is 11.8. The number of rotatable bonds is 75. The Morgan fingerprint density at radius 3 is 0.732 bits per heavy atom. The van der Waals surface area contributed by atoms with E-state index in [1.165, 1.54) is 193 Å². The zero-order chi connectivity index (χ0) is 71.7. The predicted octanol–water partition coefficient (Wildman–Crippen LogP) is 22.8. The Morgan fingerprint density at radius 1 is 0.289 bits per heavy atom. The molecule has 0 bridgehead atoms. The van der Waals surface area contributed by atoms with Gasteiger partial charge in [0.2, 0.25) is 0 Å². The van der Waals surface area contributed by atoms with Crippen molar-refractivity contribution in [3.8, 4) is 0 Å². The van der Waals surface area contributed by atoms with E-state index in [9.17, 15) is 43.2 Å². The molecule has 0 aromatic rings. The van der Waals surface area contributed by atoms with E-state index in [1.54, 1.807) is 0 Å². The van der Waals surface area contributed by atoms with Crippen LogP contribution in [0.15, 0.2) is 0 Å². The van der Waals surface area contributed by atoms with Crippen LogP contribution in [-0.2, 0) is 65.4 Å². The standard InChI is InChI=1S/C78H152O17P2/c1-9-70(7)56-48-40-34-36-43-51-59-76(81)89-65-74(95-78(83)61-53-45-37-35-41-49-57-71(8)10-2)67-93-97(86,87)91-63-72(79)62-90-96(84,85)92-66-73(94-77(82)60-52-44-33-29-25-21-17-19-23-27-31-39-47-55-69(5)6)64-88-75(80)58-50-42-32-28-24-20-16-14-12-11-13-15-18-22-26-30-38-46-54-68(3)4/h68-74,79H,9-67H2,1-8H3,(H,84,85)(H,86,87)/t70?,71?,72-,73-,74-/m1/s1. The third-order valence-corrected chi connectivity index (χ3v) is 20.7. The maximum Gasteiger partial charge on any atom is 0.472 e. The zero-order valence-electron chi connectivity index (χ0n) is 63.7. The number of carbonyl (C=O) groups excluding carboxylic acids is 4. The zero-order valence-corrected chi connectivity index (χ0v) is 65.5. The minimum Gasteiger partial charge on any atom is -0.462 e. The summed E-state index contributed by atoms with van der Waals surface area (Å²) < 4.78 is 68.5. The molecular weight excluding hydrogens is 1270 g/mol. The van der Waals surface area contributed by atoms with Crippen LogP contribution in [-0.4, -0.2) is 96.7 Å². The molecule has 0 heterocycles. The number of hydrogen-bond acceptors (Lipinski definition) is 15. The van der Waals surface area contributed by atoms with Gasteiger partial charge in [-0.3, -0.25) is 37.3 Å². The lowest BCUT2D eigenvalue weighted by molar-refractivity contribution is -0.161. The molecular formula is C78H152O17P2. The van der Waals surface area contributed by atoms with Gasteiger partial charge in [-0.2, -0.15) is 0 Å². The molecule has 0 aromatic carbocycles. The van der Waals surface area contributed by atoms with Crippen LogP contribution in [0.1, 0.15) is 396 Å². The van der Waals surface area contributed by atoms with Crippen molar-refractivity contribution in [1.29, 1.82) is 0 Å². The predicted molar refractivity (Wildman–Crippen MR) is 395 cm³/mol. The van der Waals surface area contributed by atoms with Gasteiger partial charge in [0.15, 0.2) is 12.2 Å². The first-order chi connectivity index (χ1) is 46.7. The van der Waals surface area contributed by atoms with Crippen LogP contribution in [0.3, 0.4) is 0 Å². The molecule has 0 aliphatic rings. The summed E-state index contributed by atoms with van der Waals surface area (Å²) >= 11 is 0. The van der Waals surface area contributed by atoms with E-state index in [0.717, 1.165) is 120 Å². The molecule has 3 N–H and O–H groups in total. The average molecular weight is 1420 g/mol. The highest BCUT2D eigenvalue weighted by Gasteiger charge is 2.30. The number of unbranched alkanes of at least 4 members (excludes halogenated alkanes) is 39. The second-order valence-electron chi connectivity index (χ2n) is 29.5. The van der Waals surface area contributed by atoms with Crippen LogP contribution in [0, 0.1) is 23.7 Å². The van der Waals surface area contributed by atoms with Crippen LogP contribution in [0.25, 0.3) is 0 Å². The smallest absolute Gasteiger partial charge is 0.462 e. The van der Waals surface area contributed by atoms with Crippen molar-refractivity contribution in [2.24, 2.45) is 23.7 Å². The first-order valence-corrected chi connectivity index (χ1v) is 43.3. The van der Waals surface area contributed by atoms with Gasteiger partial charge in [-0.05, 0) is 49.4 Å². The van der Waals surface area contributed by atoms with Gasteiger partial charge in [0.05, 0.1) is 26.4 Å². The molecule has 4 unspecified atom stereocenters. The minimum atomic E-state index is -4.96. The van der Waals surface area contributed by atoms with Crippen molar-refractivity contribution in [2.45, 2.75) is 414 Å². The maximum absolute atomic E-state index is 13.1. The summed E-state index contributed by atoms with van der Waals surface area (Å²) in [6, 6.07) is 0. The number of phosphoric acid groups is 2. The summed E-state index contributed by atoms with van der Waals surface area (Å²) in [6.07, 6.45) is 53.0. The molecule has 576 valence electrons. The van der Waals surface area contributed by atoms with E-state index in [0.29, 0.717) is 25.7 Å². The summed E-state index contributed by atoms with van der Waals surface area (Å²) in [5.41, 5.74) is 0. The van der Waals surface area contributed by atoms with E-state index >= 15 is 0 Å². The Bertz CT molecular complexity index is 1910. The molecule has 0 radical (unpaired) electrons. The quantitative estimate of drug-likeness (QED) is 0.0222. The molecule has 0 saturated carbocycles. The van der Waals surface area contributed by atoms with Gasteiger partial charge < -0.3 is 33.8 Å². The van der Waals surface area contributed by atoms with Gasteiger partial charge in [0, 0.05) is 25.7 Å². The molecule has 97 heavy (non-hydrogen) atoms. The highest BCUT2D eigenvalue weighted by atomic mass is 31.2. The number of phosphoric ester groups is 2. The van der Waals surface area contributed by atoms with Crippen molar-refractivity contribution in [2.75, 3.05) is 39.6 Å². The number of hydrogen-bond donors (Lipinski definition) is 3. The fourth-order valence-corrected chi connectivity index (χ4v) is 13.4. The van der Waals surface area contributed by atoms with Gasteiger partial charge in [-0.15, -0.1) is 0 Å². The Morgan fingerprint density at radius 2 is 0.495 bits per heavy atom. The topological polar surface area (TPSA) is 237 Å². The second kappa shape index (κ2) is 67.2. The van der Waals surface area contributed by atoms with Crippen LogP contribution < -0.4 is 0 Å². The molecule has 0 fully saturated rings. The van der Waals surface area contributed by atoms with Gasteiger partial charge in [-0.1, -0.05) is 344 Å². The van der Waals surface area contributed by atoms with Crippen molar-refractivity contribution in [3.63, 3.8) is 0 Å². The molecule has 0 aliphatic carbocycles. The molecule has 0 aliphatic heterocycles. The van der Waals surface area contributed by atoms with Gasteiger partial charge in [0.1, 0.15) is 19.3 Å². The fraction of sp³-hybridized carbons (Fsp3) is 0.949. The highest BCUT2D eigenvalue weighted by molar-refractivity contribution is 7.47. The lowest BCUT2D eigenvalue weighted by atomic mass is 10.00. The lowest BCUT2D eigenvalue weighted by Gasteiger charge is -2.21. The third-order valence-electron chi connectivity index (χ3n) is 18.8. The van der Waals surface area contributed by atoms with Crippen LogP contribution in [0.4, 0.5) is 0 Å². The molecule has 0 rings (SSSR count). The Kier molecular flexibility index (Phi) is 65.9. The van der Waals surface area contributed by atoms with Crippen molar-refractivity contribution >= 4 is 39.5 Å². The Hall–Kier alpha value is -1.94. The first-order valence-electron chi connectivity index (χ1n) is 40.3. The summed E-state index contributed by atoms with van der Waals surface area (Å²) in [4.78, 5) is 72.8. The number of aliphatic hydroxyl groups excluding tert-OH is 1. The largest absolute Gasteiger partial charge is 0.472 e. The van der Waals surface area contributed by atoms with Gasteiger partial charge in [-0.25, -0.2) is 9.13 Å². The molecule has 0 saturated heterocycles. The molecule has 17 nitrogen and oxygen atoms in total. The third kappa shape index (κ3) is 69.5. The second-order valence-corrected chi connectivity index (χ2v) is 32.4. The van der Waals surface area contributed by atoms with Crippen LogP contribution >= 0.6 is 15.6 Å². The molecule has 0 amide bonds. The minimum absolute atomic E-state index is 0.102. The van der Waals surface area contributed by atoms with E-state index in [1.807, 2.05) is 0 Å².